The predicted molar refractivity (Wildman–Crippen MR) is 77.1 cm³/mol. The van der Waals surface area contributed by atoms with Crippen LogP contribution in [0, 0.1) is 6.92 Å². The first-order valence-corrected chi connectivity index (χ1v) is 6.51. The van der Waals surface area contributed by atoms with E-state index in [0.717, 1.165) is 19.0 Å². The molecule has 1 aliphatic heterocycles. The maximum Gasteiger partial charge on any atom is 0.246 e. The van der Waals surface area contributed by atoms with Gasteiger partial charge in [0.05, 0.1) is 13.2 Å². The second-order valence-electron chi connectivity index (χ2n) is 4.73. The van der Waals surface area contributed by atoms with Gasteiger partial charge >= 0.3 is 0 Å². The number of hydrogen-bond donors (Lipinski definition) is 1. The maximum atomic E-state index is 5.39. The second kappa shape index (κ2) is 6.83. The lowest BCUT2D eigenvalue weighted by Gasteiger charge is -2.20. The molecule has 2 heterocycles. The molecule has 1 unspecified atom stereocenters. The number of benzene rings is 1. The number of ether oxygens (including phenoxy) is 1. The summed E-state index contributed by atoms with van der Waals surface area (Å²) in [7, 11) is 0. The molecule has 0 aliphatic carbocycles. The van der Waals surface area contributed by atoms with Gasteiger partial charge in [-0.3, -0.25) is 0 Å². The van der Waals surface area contributed by atoms with Crippen molar-refractivity contribution < 1.29 is 9.26 Å². The molecule has 108 valence electrons. The van der Waals surface area contributed by atoms with Crippen LogP contribution < -0.4 is 5.32 Å². The number of rotatable bonds is 3. The normalized spacial score (nSPS) is 18.6. The van der Waals surface area contributed by atoms with Gasteiger partial charge in [-0.15, -0.1) is 12.4 Å². The Labute approximate surface area is 124 Å². The molecule has 0 amide bonds. The van der Waals surface area contributed by atoms with E-state index in [-0.39, 0.29) is 18.4 Å². The fourth-order valence-electron chi connectivity index (χ4n) is 2.18. The van der Waals surface area contributed by atoms with Crippen molar-refractivity contribution in [3.05, 3.63) is 47.1 Å². The molecule has 5 nitrogen and oxygen atoms in total. The minimum Gasteiger partial charge on any atom is -0.378 e. The summed E-state index contributed by atoms with van der Waals surface area (Å²) in [6.07, 6.45) is 0.698. The fourth-order valence-corrected chi connectivity index (χ4v) is 2.18. The molecule has 20 heavy (non-hydrogen) atoms. The van der Waals surface area contributed by atoms with Crippen LogP contribution in [0.1, 0.15) is 28.9 Å². The quantitative estimate of drug-likeness (QED) is 0.939. The molecular formula is C14H18ClN3O2. The molecule has 1 aromatic heterocycles. The highest BCUT2D eigenvalue weighted by Crippen LogP contribution is 2.16. The Balaban J connectivity index is 0.00000147. The smallest absolute Gasteiger partial charge is 0.246 e. The summed E-state index contributed by atoms with van der Waals surface area (Å²) >= 11 is 0. The molecule has 1 aromatic carbocycles. The van der Waals surface area contributed by atoms with Crippen molar-refractivity contribution in [2.24, 2.45) is 0 Å². The van der Waals surface area contributed by atoms with Gasteiger partial charge in [0.25, 0.3) is 0 Å². The van der Waals surface area contributed by atoms with Gasteiger partial charge in [0.2, 0.25) is 5.89 Å². The number of morpholine rings is 1. The van der Waals surface area contributed by atoms with Crippen LogP contribution in [-0.2, 0) is 11.2 Å². The molecule has 1 aliphatic rings. The maximum absolute atomic E-state index is 5.39. The standard InChI is InChI=1S/C14H17N3O2.ClH/c1-10-4-2-3-5-11(10)8-13-16-14(19-17-13)12-9-18-7-6-15-12;/h2-5,12,15H,6-9H2,1H3;1H. The Morgan fingerprint density at radius 2 is 2.20 bits per heavy atom. The summed E-state index contributed by atoms with van der Waals surface area (Å²) in [6, 6.07) is 8.26. The third kappa shape index (κ3) is 3.36. The number of nitrogens with one attached hydrogen (secondary N) is 1. The van der Waals surface area contributed by atoms with E-state index in [1.165, 1.54) is 11.1 Å². The highest BCUT2D eigenvalue weighted by atomic mass is 35.5. The molecule has 1 saturated heterocycles. The highest BCUT2D eigenvalue weighted by molar-refractivity contribution is 5.85. The van der Waals surface area contributed by atoms with E-state index in [2.05, 4.69) is 34.5 Å². The molecule has 6 heteroatoms. The van der Waals surface area contributed by atoms with E-state index >= 15 is 0 Å². The molecule has 0 radical (unpaired) electrons. The first kappa shape index (κ1) is 15.0. The summed E-state index contributed by atoms with van der Waals surface area (Å²) in [5.74, 6) is 1.33. The monoisotopic (exact) mass is 295 g/mol. The Bertz CT molecular complexity index is 553. The van der Waals surface area contributed by atoms with Crippen molar-refractivity contribution in [1.82, 2.24) is 15.5 Å². The van der Waals surface area contributed by atoms with E-state index < -0.39 is 0 Å². The van der Waals surface area contributed by atoms with Crippen LogP contribution in [0.3, 0.4) is 0 Å². The van der Waals surface area contributed by atoms with Crippen molar-refractivity contribution in [2.75, 3.05) is 19.8 Å². The Morgan fingerprint density at radius 3 is 2.95 bits per heavy atom. The number of aromatic nitrogens is 2. The lowest BCUT2D eigenvalue weighted by molar-refractivity contribution is 0.0659. The zero-order valence-electron chi connectivity index (χ0n) is 11.3. The average Bonchev–Trinajstić information content (AvgIpc) is 2.91. The van der Waals surface area contributed by atoms with Crippen molar-refractivity contribution in [1.29, 1.82) is 0 Å². The minimum atomic E-state index is 0. The van der Waals surface area contributed by atoms with Gasteiger partial charge in [0.15, 0.2) is 5.82 Å². The zero-order valence-corrected chi connectivity index (χ0v) is 12.2. The zero-order chi connectivity index (χ0) is 13.1. The Hall–Kier alpha value is -1.43. The van der Waals surface area contributed by atoms with Crippen LogP contribution in [0.4, 0.5) is 0 Å². The molecular weight excluding hydrogens is 278 g/mol. The minimum absolute atomic E-state index is 0. The van der Waals surface area contributed by atoms with Crippen molar-refractivity contribution in [3.8, 4) is 0 Å². The van der Waals surface area contributed by atoms with Crippen LogP contribution in [-0.4, -0.2) is 29.9 Å². The van der Waals surface area contributed by atoms with Crippen LogP contribution >= 0.6 is 12.4 Å². The van der Waals surface area contributed by atoms with E-state index in [1.807, 2.05) is 12.1 Å². The number of nitrogens with zero attached hydrogens (tertiary/aromatic N) is 2. The lowest BCUT2D eigenvalue weighted by atomic mass is 10.1. The first-order chi connectivity index (χ1) is 9.33. The van der Waals surface area contributed by atoms with E-state index in [9.17, 15) is 0 Å². The number of halogens is 1. The largest absolute Gasteiger partial charge is 0.378 e. The SMILES string of the molecule is Cc1ccccc1Cc1noc(C2COCCN2)n1.Cl. The van der Waals surface area contributed by atoms with E-state index in [0.29, 0.717) is 18.9 Å². The molecule has 0 spiro atoms. The van der Waals surface area contributed by atoms with Crippen molar-refractivity contribution >= 4 is 12.4 Å². The van der Waals surface area contributed by atoms with Crippen LogP contribution in [0.5, 0.6) is 0 Å². The lowest BCUT2D eigenvalue weighted by Crippen LogP contribution is -2.34. The number of aryl methyl sites for hydroxylation is 1. The summed E-state index contributed by atoms with van der Waals surface area (Å²) in [4.78, 5) is 4.45. The molecule has 3 rings (SSSR count). The highest BCUT2D eigenvalue weighted by Gasteiger charge is 2.21. The molecule has 0 bridgehead atoms. The third-order valence-corrected chi connectivity index (χ3v) is 3.31. The van der Waals surface area contributed by atoms with Crippen LogP contribution in [0.15, 0.2) is 28.8 Å². The second-order valence-corrected chi connectivity index (χ2v) is 4.73. The van der Waals surface area contributed by atoms with Crippen molar-refractivity contribution in [3.63, 3.8) is 0 Å². The van der Waals surface area contributed by atoms with Gasteiger partial charge in [-0.25, -0.2) is 0 Å². The molecule has 0 saturated carbocycles. The summed E-state index contributed by atoms with van der Waals surface area (Å²) in [5, 5.41) is 7.35. The predicted octanol–water partition coefficient (Wildman–Crippen LogP) is 2.05. The average molecular weight is 296 g/mol. The van der Waals surface area contributed by atoms with Crippen LogP contribution in [0.25, 0.3) is 0 Å². The van der Waals surface area contributed by atoms with Gasteiger partial charge in [-0.2, -0.15) is 4.98 Å². The summed E-state index contributed by atoms with van der Waals surface area (Å²) < 4.78 is 10.7. The van der Waals surface area contributed by atoms with Gasteiger partial charge < -0.3 is 14.6 Å². The van der Waals surface area contributed by atoms with Gasteiger partial charge in [-0.1, -0.05) is 29.4 Å². The summed E-state index contributed by atoms with van der Waals surface area (Å²) in [6.45, 7) is 4.24. The van der Waals surface area contributed by atoms with Gasteiger partial charge in [0.1, 0.15) is 6.04 Å². The molecule has 2 aromatic rings. The topological polar surface area (TPSA) is 60.2 Å². The van der Waals surface area contributed by atoms with Gasteiger partial charge in [0, 0.05) is 13.0 Å². The molecule has 1 atom stereocenters. The van der Waals surface area contributed by atoms with Crippen LogP contribution in [0.2, 0.25) is 0 Å². The van der Waals surface area contributed by atoms with Crippen molar-refractivity contribution in [2.45, 2.75) is 19.4 Å². The van der Waals surface area contributed by atoms with E-state index in [4.69, 9.17) is 9.26 Å². The van der Waals surface area contributed by atoms with Gasteiger partial charge in [-0.05, 0) is 18.1 Å². The Kier molecular flexibility index (Phi) is 5.11. The third-order valence-electron chi connectivity index (χ3n) is 3.31. The Morgan fingerprint density at radius 1 is 1.35 bits per heavy atom. The summed E-state index contributed by atoms with van der Waals surface area (Å²) in [5.41, 5.74) is 2.47. The van der Waals surface area contributed by atoms with E-state index in [1.54, 1.807) is 0 Å². The fraction of sp³-hybridized carbons (Fsp3) is 0.429. The molecule has 1 N–H and O–H groups in total. The number of hydrogen-bond acceptors (Lipinski definition) is 5. The first-order valence-electron chi connectivity index (χ1n) is 6.51. The molecule has 1 fully saturated rings.